The maximum Gasteiger partial charge on any atom is 0.265 e. The summed E-state index contributed by atoms with van der Waals surface area (Å²) in [6, 6.07) is 13.9. The molecule has 0 spiro atoms. The molecule has 2 aromatic heterocycles. The molecule has 3 aromatic rings. The van der Waals surface area contributed by atoms with E-state index in [4.69, 9.17) is 0 Å². The minimum absolute atomic E-state index is 0.0711. The molecule has 0 unspecified atom stereocenters. The van der Waals surface area contributed by atoms with Crippen molar-refractivity contribution in [3.63, 3.8) is 0 Å². The molecule has 0 aliphatic carbocycles. The first-order valence-corrected chi connectivity index (χ1v) is 9.81. The van der Waals surface area contributed by atoms with Crippen LogP contribution in [0.15, 0.2) is 42.5 Å². The van der Waals surface area contributed by atoms with E-state index in [0.29, 0.717) is 13.1 Å². The molecule has 1 aliphatic rings. The van der Waals surface area contributed by atoms with Crippen LogP contribution in [-0.4, -0.2) is 52.2 Å². The van der Waals surface area contributed by atoms with Gasteiger partial charge in [0.2, 0.25) is 0 Å². The molecule has 3 heterocycles. The number of hydrogen-bond donors (Lipinski definition) is 0. The molecular weight excluding hydrogens is 358 g/mol. The SMILES string of the molecule is Cc1ccc(N2CCN(C(=O)c3sc(-c4ccccc4)nc3C)CC2)nn1. The van der Waals surface area contributed by atoms with Crippen LogP contribution in [-0.2, 0) is 0 Å². The second-order valence-corrected chi connectivity index (χ2v) is 7.61. The topological polar surface area (TPSA) is 62.2 Å². The maximum absolute atomic E-state index is 13.0. The van der Waals surface area contributed by atoms with E-state index in [0.717, 1.165) is 45.7 Å². The first-order valence-electron chi connectivity index (χ1n) is 8.99. The van der Waals surface area contributed by atoms with Crippen LogP contribution in [0.4, 0.5) is 5.82 Å². The van der Waals surface area contributed by atoms with Gasteiger partial charge in [0, 0.05) is 31.7 Å². The molecule has 1 aromatic carbocycles. The number of anilines is 1. The molecule has 1 saturated heterocycles. The first-order chi connectivity index (χ1) is 13.1. The summed E-state index contributed by atoms with van der Waals surface area (Å²) in [7, 11) is 0. The summed E-state index contributed by atoms with van der Waals surface area (Å²) in [6.45, 7) is 6.70. The van der Waals surface area contributed by atoms with E-state index in [2.05, 4.69) is 20.1 Å². The third kappa shape index (κ3) is 3.68. The van der Waals surface area contributed by atoms with E-state index in [-0.39, 0.29) is 5.91 Å². The summed E-state index contributed by atoms with van der Waals surface area (Å²) in [6.07, 6.45) is 0. The zero-order valence-corrected chi connectivity index (χ0v) is 16.2. The van der Waals surface area contributed by atoms with Gasteiger partial charge in [-0.15, -0.1) is 16.4 Å². The summed E-state index contributed by atoms with van der Waals surface area (Å²) in [4.78, 5) is 22.4. The van der Waals surface area contributed by atoms with Crippen LogP contribution in [0, 0.1) is 13.8 Å². The minimum Gasteiger partial charge on any atom is -0.352 e. The third-order valence-electron chi connectivity index (χ3n) is 4.69. The summed E-state index contributed by atoms with van der Waals surface area (Å²) in [5.74, 6) is 0.940. The number of carbonyl (C=O) groups excluding carboxylic acids is 1. The summed E-state index contributed by atoms with van der Waals surface area (Å²) >= 11 is 1.47. The van der Waals surface area contributed by atoms with Crippen molar-refractivity contribution in [1.82, 2.24) is 20.1 Å². The molecule has 4 rings (SSSR count). The molecule has 0 radical (unpaired) electrons. The number of aromatic nitrogens is 3. The third-order valence-corrected chi connectivity index (χ3v) is 5.88. The van der Waals surface area contributed by atoms with Crippen molar-refractivity contribution in [3.05, 3.63) is 58.7 Å². The molecule has 0 atom stereocenters. The molecule has 27 heavy (non-hydrogen) atoms. The van der Waals surface area contributed by atoms with Crippen molar-refractivity contribution < 1.29 is 4.79 Å². The van der Waals surface area contributed by atoms with Gasteiger partial charge in [-0.1, -0.05) is 30.3 Å². The van der Waals surface area contributed by atoms with Gasteiger partial charge >= 0.3 is 0 Å². The Bertz CT molecular complexity index is 931. The highest BCUT2D eigenvalue weighted by Gasteiger charge is 2.26. The first kappa shape index (κ1) is 17.6. The molecule has 1 fully saturated rings. The fourth-order valence-electron chi connectivity index (χ4n) is 3.14. The van der Waals surface area contributed by atoms with Gasteiger partial charge in [-0.05, 0) is 26.0 Å². The molecule has 0 bridgehead atoms. The Morgan fingerprint density at radius 1 is 0.963 bits per heavy atom. The van der Waals surface area contributed by atoms with Crippen LogP contribution >= 0.6 is 11.3 Å². The van der Waals surface area contributed by atoms with Crippen LogP contribution in [0.25, 0.3) is 10.6 Å². The van der Waals surface area contributed by atoms with E-state index in [9.17, 15) is 4.79 Å². The average Bonchev–Trinajstić information content (AvgIpc) is 3.10. The molecular formula is C20H21N5OS. The Labute approximate surface area is 162 Å². The average molecular weight is 379 g/mol. The number of carbonyl (C=O) groups is 1. The zero-order valence-electron chi connectivity index (χ0n) is 15.4. The van der Waals surface area contributed by atoms with Gasteiger partial charge in [0.25, 0.3) is 5.91 Å². The predicted molar refractivity (Wildman–Crippen MR) is 107 cm³/mol. The number of piperazine rings is 1. The van der Waals surface area contributed by atoms with Gasteiger partial charge in [0.1, 0.15) is 9.88 Å². The lowest BCUT2D eigenvalue weighted by Gasteiger charge is -2.35. The minimum atomic E-state index is 0.0711. The van der Waals surface area contributed by atoms with Crippen LogP contribution < -0.4 is 4.90 Å². The van der Waals surface area contributed by atoms with Crippen molar-refractivity contribution >= 4 is 23.1 Å². The van der Waals surface area contributed by atoms with Gasteiger partial charge in [0.05, 0.1) is 11.4 Å². The number of hydrogen-bond acceptors (Lipinski definition) is 6. The lowest BCUT2D eigenvalue weighted by molar-refractivity contribution is 0.0750. The van der Waals surface area contributed by atoms with Crippen molar-refractivity contribution in [2.45, 2.75) is 13.8 Å². The molecule has 1 amide bonds. The number of amides is 1. The molecule has 1 aliphatic heterocycles. The largest absolute Gasteiger partial charge is 0.352 e. The number of aryl methyl sites for hydroxylation is 2. The summed E-state index contributed by atoms with van der Waals surface area (Å²) in [5, 5.41) is 9.26. The van der Waals surface area contributed by atoms with Gasteiger partial charge in [-0.3, -0.25) is 4.79 Å². The van der Waals surface area contributed by atoms with Crippen molar-refractivity contribution in [3.8, 4) is 10.6 Å². The molecule has 7 heteroatoms. The van der Waals surface area contributed by atoms with E-state index >= 15 is 0 Å². The number of benzene rings is 1. The highest BCUT2D eigenvalue weighted by Crippen LogP contribution is 2.29. The van der Waals surface area contributed by atoms with Crippen LogP contribution in [0.2, 0.25) is 0 Å². The van der Waals surface area contributed by atoms with Gasteiger partial charge in [-0.2, -0.15) is 5.10 Å². The molecule has 0 N–H and O–H groups in total. The Morgan fingerprint density at radius 3 is 2.37 bits per heavy atom. The van der Waals surface area contributed by atoms with Crippen LogP contribution in [0.1, 0.15) is 21.1 Å². The van der Waals surface area contributed by atoms with E-state index in [1.165, 1.54) is 11.3 Å². The van der Waals surface area contributed by atoms with Crippen molar-refractivity contribution in [2.75, 3.05) is 31.1 Å². The van der Waals surface area contributed by atoms with E-state index < -0.39 is 0 Å². The zero-order chi connectivity index (χ0) is 18.8. The van der Waals surface area contributed by atoms with E-state index in [1.807, 2.05) is 61.2 Å². The Balaban J connectivity index is 1.45. The fourth-order valence-corrected chi connectivity index (χ4v) is 4.18. The summed E-state index contributed by atoms with van der Waals surface area (Å²) in [5.41, 5.74) is 2.76. The smallest absolute Gasteiger partial charge is 0.265 e. The van der Waals surface area contributed by atoms with Gasteiger partial charge in [0.15, 0.2) is 5.82 Å². The Hall–Kier alpha value is -2.80. The monoisotopic (exact) mass is 379 g/mol. The Morgan fingerprint density at radius 2 is 1.70 bits per heavy atom. The molecule has 0 saturated carbocycles. The standard InChI is InChI=1S/C20H21N5OS/c1-14-8-9-17(23-22-14)24-10-12-25(13-11-24)20(26)18-15(2)21-19(27-18)16-6-4-3-5-7-16/h3-9H,10-13H2,1-2H3. The number of thiazole rings is 1. The Kier molecular flexibility index (Phi) is 4.85. The highest BCUT2D eigenvalue weighted by molar-refractivity contribution is 7.17. The lowest BCUT2D eigenvalue weighted by Crippen LogP contribution is -2.49. The van der Waals surface area contributed by atoms with E-state index in [1.54, 1.807) is 0 Å². The van der Waals surface area contributed by atoms with Crippen LogP contribution in [0.5, 0.6) is 0 Å². The second-order valence-electron chi connectivity index (χ2n) is 6.61. The quantitative estimate of drug-likeness (QED) is 0.699. The molecule has 138 valence electrons. The van der Waals surface area contributed by atoms with Crippen molar-refractivity contribution in [2.24, 2.45) is 0 Å². The molecule has 6 nitrogen and oxygen atoms in total. The van der Waals surface area contributed by atoms with Crippen molar-refractivity contribution in [1.29, 1.82) is 0 Å². The highest BCUT2D eigenvalue weighted by atomic mass is 32.1. The maximum atomic E-state index is 13.0. The van der Waals surface area contributed by atoms with Crippen LogP contribution in [0.3, 0.4) is 0 Å². The van der Waals surface area contributed by atoms with Gasteiger partial charge in [-0.25, -0.2) is 4.98 Å². The number of nitrogens with zero attached hydrogens (tertiary/aromatic N) is 5. The fraction of sp³-hybridized carbons (Fsp3) is 0.300. The second kappa shape index (κ2) is 7.44. The normalized spacial score (nSPS) is 14.4. The lowest BCUT2D eigenvalue weighted by atomic mass is 10.2. The van der Waals surface area contributed by atoms with Gasteiger partial charge < -0.3 is 9.80 Å². The number of rotatable bonds is 3. The summed E-state index contributed by atoms with van der Waals surface area (Å²) < 4.78 is 0. The predicted octanol–water partition coefficient (Wildman–Crippen LogP) is 3.18.